The summed E-state index contributed by atoms with van der Waals surface area (Å²) in [5, 5.41) is 12.2. The Balaban J connectivity index is 1.34. The van der Waals surface area contributed by atoms with E-state index in [9.17, 15) is 18.4 Å². The zero-order valence-electron chi connectivity index (χ0n) is 22.5. The summed E-state index contributed by atoms with van der Waals surface area (Å²) in [6.45, 7) is 11.7. The number of aromatic nitrogens is 2. The molecule has 0 bridgehead atoms. The van der Waals surface area contributed by atoms with Crippen LogP contribution in [0.3, 0.4) is 0 Å². The molecule has 3 atom stereocenters. The van der Waals surface area contributed by atoms with Gasteiger partial charge in [-0.25, -0.2) is 8.78 Å². The monoisotopic (exact) mass is 526 g/mol. The minimum Gasteiger partial charge on any atom is -0.341 e. The van der Waals surface area contributed by atoms with Crippen molar-refractivity contribution in [3.05, 3.63) is 52.9 Å². The fourth-order valence-electron chi connectivity index (χ4n) is 5.90. The van der Waals surface area contributed by atoms with Crippen LogP contribution in [0.25, 0.3) is 0 Å². The molecular weight excluding hydrogens is 490 g/mol. The van der Waals surface area contributed by atoms with Crippen LogP contribution in [0.1, 0.15) is 51.1 Å². The number of anilines is 1. The molecule has 3 aliphatic rings. The predicted molar refractivity (Wildman–Crippen MR) is 140 cm³/mol. The Kier molecular flexibility index (Phi) is 7.21. The zero-order chi connectivity index (χ0) is 27.2. The van der Waals surface area contributed by atoms with Crippen molar-refractivity contribution in [2.75, 3.05) is 44.2 Å². The molecule has 0 saturated carbocycles. The van der Waals surface area contributed by atoms with Crippen LogP contribution < -0.4 is 10.2 Å². The Morgan fingerprint density at radius 1 is 1.16 bits per heavy atom. The first-order valence-electron chi connectivity index (χ1n) is 13.4. The fourth-order valence-corrected chi connectivity index (χ4v) is 5.90. The highest BCUT2D eigenvalue weighted by Gasteiger charge is 2.41. The second kappa shape index (κ2) is 10.3. The van der Waals surface area contributed by atoms with E-state index in [1.165, 1.54) is 12.1 Å². The molecule has 0 spiro atoms. The van der Waals surface area contributed by atoms with Gasteiger partial charge in [-0.1, -0.05) is 26.8 Å². The topological polar surface area (TPSA) is 81.7 Å². The maximum atomic E-state index is 14.3. The number of hydrogen-bond acceptors (Lipinski definition) is 6. The third-order valence-electron chi connectivity index (χ3n) is 7.90. The van der Waals surface area contributed by atoms with Crippen LogP contribution in [-0.2, 0) is 21.4 Å². The predicted octanol–water partition coefficient (Wildman–Crippen LogP) is 2.50. The number of likely N-dealkylation sites (tertiary alicyclic amines) is 1. The van der Waals surface area contributed by atoms with E-state index in [1.54, 1.807) is 11.0 Å². The molecule has 38 heavy (non-hydrogen) atoms. The molecule has 0 aliphatic carbocycles. The molecule has 204 valence electrons. The van der Waals surface area contributed by atoms with Crippen LogP contribution in [0.4, 0.5) is 14.5 Å². The normalized spacial score (nSPS) is 25.2. The molecular formula is C28H36F2N6O2. The summed E-state index contributed by atoms with van der Waals surface area (Å²) in [5.74, 6) is -0.764. The quantitative estimate of drug-likeness (QED) is 0.623. The summed E-state index contributed by atoms with van der Waals surface area (Å²) in [4.78, 5) is 32.1. The molecule has 4 heterocycles. The number of halogens is 2. The van der Waals surface area contributed by atoms with Gasteiger partial charge in [0, 0.05) is 69.1 Å². The first kappa shape index (κ1) is 26.6. The van der Waals surface area contributed by atoms with Gasteiger partial charge in [0.05, 0.1) is 23.6 Å². The van der Waals surface area contributed by atoms with Gasteiger partial charge in [-0.05, 0) is 30.5 Å². The molecule has 0 radical (unpaired) electrons. The van der Waals surface area contributed by atoms with Gasteiger partial charge in [0.15, 0.2) is 0 Å². The number of carbonyl (C=O) groups is 2. The number of amides is 2. The van der Waals surface area contributed by atoms with Crippen molar-refractivity contribution in [2.24, 2.45) is 5.92 Å². The van der Waals surface area contributed by atoms with Gasteiger partial charge in [-0.15, -0.1) is 0 Å². The molecule has 5 rings (SSSR count). The fraction of sp³-hybridized carbons (Fsp3) is 0.571. The summed E-state index contributed by atoms with van der Waals surface area (Å²) in [7, 11) is 0. The minimum absolute atomic E-state index is 0.0380. The molecule has 2 amide bonds. The lowest BCUT2D eigenvalue weighted by atomic mass is 9.91. The zero-order valence-corrected chi connectivity index (χ0v) is 22.5. The van der Waals surface area contributed by atoms with Gasteiger partial charge in [0.25, 0.3) is 0 Å². The SMILES string of the molecule is CC1CC(=O)N(CC2CNC(C)CN2CC(=O)N2CC(C)(C)c3nnc(Cc4ccc(F)cc4F)cc32)C1. The number of hydrogen-bond donors (Lipinski definition) is 1. The summed E-state index contributed by atoms with van der Waals surface area (Å²) in [6, 6.07) is 5.57. The van der Waals surface area contributed by atoms with E-state index >= 15 is 0 Å². The molecule has 8 nitrogen and oxygen atoms in total. The van der Waals surface area contributed by atoms with Crippen LogP contribution in [-0.4, -0.2) is 83.2 Å². The highest BCUT2D eigenvalue weighted by atomic mass is 19.1. The summed E-state index contributed by atoms with van der Waals surface area (Å²) in [5.41, 5.74) is 1.87. The van der Waals surface area contributed by atoms with Crippen LogP contribution in [0, 0.1) is 17.6 Å². The Morgan fingerprint density at radius 3 is 2.66 bits per heavy atom. The third kappa shape index (κ3) is 5.42. The van der Waals surface area contributed by atoms with Gasteiger partial charge in [-0.2, -0.15) is 10.2 Å². The minimum atomic E-state index is -0.634. The van der Waals surface area contributed by atoms with Gasteiger partial charge in [-0.3, -0.25) is 14.5 Å². The van der Waals surface area contributed by atoms with Crippen LogP contribution in [0.2, 0.25) is 0 Å². The lowest BCUT2D eigenvalue weighted by molar-refractivity contribution is -0.128. The average molecular weight is 527 g/mol. The largest absolute Gasteiger partial charge is 0.341 e. The van der Waals surface area contributed by atoms with Gasteiger partial charge >= 0.3 is 0 Å². The van der Waals surface area contributed by atoms with Gasteiger partial charge in [0.2, 0.25) is 11.8 Å². The van der Waals surface area contributed by atoms with Crippen molar-refractivity contribution in [2.45, 2.75) is 58.0 Å². The van der Waals surface area contributed by atoms with Crippen molar-refractivity contribution in [3.63, 3.8) is 0 Å². The summed E-state index contributed by atoms with van der Waals surface area (Å²) >= 11 is 0. The van der Waals surface area contributed by atoms with Crippen molar-refractivity contribution in [1.29, 1.82) is 0 Å². The van der Waals surface area contributed by atoms with E-state index < -0.39 is 11.6 Å². The maximum Gasteiger partial charge on any atom is 0.241 e. The van der Waals surface area contributed by atoms with Crippen LogP contribution in [0.5, 0.6) is 0 Å². The molecule has 2 saturated heterocycles. The highest BCUT2D eigenvalue weighted by Crippen LogP contribution is 2.39. The number of carbonyl (C=O) groups excluding carboxylic acids is 2. The smallest absolute Gasteiger partial charge is 0.241 e. The van der Waals surface area contributed by atoms with E-state index in [2.05, 4.69) is 34.3 Å². The molecule has 3 unspecified atom stereocenters. The third-order valence-corrected chi connectivity index (χ3v) is 7.90. The number of rotatable bonds is 6. The van der Waals surface area contributed by atoms with E-state index in [0.29, 0.717) is 55.5 Å². The molecule has 3 aliphatic heterocycles. The van der Waals surface area contributed by atoms with E-state index in [4.69, 9.17) is 0 Å². The lowest BCUT2D eigenvalue weighted by Crippen LogP contribution is -2.61. The first-order chi connectivity index (χ1) is 18.0. The maximum absolute atomic E-state index is 14.3. The number of nitrogens with zero attached hydrogens (tertiary/aromatic N) is 5. The lowest BCUT2D eigenvalue weighted by Gasteiger charge is -2.41. The molecule has 1 aromatic carbocycles. The van der Waals surface area contributed by atoms with Crippen molar-refractivity contribution >= 4 is 17.5 Å². The summed E-state index contributed by atoms with van der Waals surface area (Å²) < 4.78 is 27.6. The Morgan fingerprint density at radius 2 is 1.95 bits per heavy atom. The van der Waals surface area contributed by atoms with E-state index in [0.717, 1.165) is 18.3 Å². The number of fused-ring (bicyclic) bond motifs is 1. The van der Waals surface area contributed by atoms with Crippen molar-refractivity contribution in [1.82, 2.24) is 25.3 Å². The van der Waals surface area contributed by atoms with Crippen LogP contribution >= 0.6 is 0 Å². The number of nitrogens with one attached hydrogen (secondary N) is 1. The standard InChI is InChI=1S/C28H36F2N6O2/c1-17-7-25(37)35(12-17)14-22-11-31-18(2)13-34(22)15-26(38)36-16-28(3,4)27-24(36)10-21(32-33-27)8-19-5-6-20(29)9-23(19)30/h5-6,9-10,17-18,22,31H,7-8,11-16H2,1-4H3. The average Bonchev–Trinajstić information content (AvgIpc) is 3.31. The molecule has 10 heteroatoms. The van der Waals surface area contributed by atoms with Gasteiger partial charge < -0.3 is 15.1 Å². The van der Waals surface area contributed by atoms with Crippen molar-refractivity contribution in [3.8, 4) is 0 Å². The van der Waals surface area contributed by atoms with Crippen LogP contribution in [0.15, 0.2) is 24.3 Å². The number of benzene rings is 1. The molecule has 2 aromatic rings. The van der Waals surface area contributed by atoms with Crippen molar-refractivity contribution < 1.29 is 18.4 Å². The van der Waals surface area contributed by atoms with E-state index in [-0.39, 0.29) is 42.3 Å². The molecule has 1 aromatic heterocycles. The summed E-state index contributed by atoms with van der Waals surface area (Å²) in [6.07, 6.45) is 0.731. The second-order valence-corrected chi connectivity index (χ2v) is 11.8. The Bertz CT molecular complexity index is 1240. The second-order valence-electron chi connectivity index (χ2n) is 11.8. The first-order valence-corrected chi connectivity index (χ1v) is 13.4. The van der Waals surface area contributed by atoms with Gasteiger partial charge in [0.1, 0.15) is 11.6 Å². The Hall–Kier alpha value is -2.98. The molecule has 1 N–H and O–H groups in total. The van der Waals surface area contributed by atoms with E-state index in [1.807, 2.05) is 18.7 Å². The molecule has 2 fully saturated rings. The highest BCUT2D eigenvalue weighted by molar-refractivity contribution is 5.97. The number of piperazine rings is 1. The Labute approximate surface area is 222 Å².